The fourth-order valence-electron chi connectivity index (χ4n) is 2.78. The molecule has 0 saturated carbocycles. The van der Waals surface area contributed by atoms with Crippen molar-refractivity contribution in [3.05, 3.63) is 29.3 Å². The average molecular weight is 278 g/mol. The smallest absolute Gasteiger partial charge is 0.123 e. The number of β-amino-alcohol motifs (C(OH)–C–C–N with tert-alkyl or cyclic N) is 1. The minimum absolute atomic E-state index is 0.238. The van der Waals surface area contributed by atoms with Crippen LogP contribution in [0, 0.1) is 6.92 Å². The largest absolute Gasteiger partial charge is 0.496 e. The van der Waals surface area contributed by atoms with Gasteiger partial charge in [0, 0.05) is 44.8 Å². The first kappa shape index (κ1) is 15.3. The Bertz CT molecular complexity index is 426. The lowest BCUT2D eigenvalue weighted by atomic mass is 10.1. The number of piperazine rings is 1. The zero-order valence-corrected chi connectivity index (χ0v) is 12.8. The van der Waals surface area contributed by atoms with Gasteiger partial charge in [0.15, 0.2) is 0 Å². The van der Waals surface area contributed by atoms with Crippen LogP contribution in [0.5, 0.6) is 5.75 Å². The molecule has 1 unspecified atom stereocenters. The SMILES string of the molecule is COc1ccc(C)cc1CN1CCN(CC(C)O)CC1. The van der Waals surface area contributed by atoms with E-state index < -0.39 is 0 Å². The number of aliphatic hydroxyl groups excluding tert-OH is 1. The van der Waals surface area contributed by atoms with Crippen LogP contribution in [0.2, 0.25) is 0 Å². The van der Waals surface area contributed by atoms with E-state index >= 15 is 0 Å². The van der Waals surface area contributed by atoms with Crippen molar-refractivity contribution >= 4 is 0 Å². The molecule has 1 aromatic rings. The van der Waals surface area contributed by atoms with E-state index in [-0.39, 0.29) is 6.10 Å². The molecule has 1 aromatic carbocycles. The highest BCUT2D eigenvalue weighted by molar-refractivity contribution is 5.36. The third kappa shape index (κ3) is 4.20. The molecule has 0 spiro atoms. The fraction of sp³-hybridized carbons (Fsp3) is 0.625. The number of aryl methyl sites for hydroxylation is 1. The van der Waals surface area contributed by atoms with Crippen LogP contribution < -0.4 is 4.74 Å². The number of ether oxygens (including phenoxy) is 1. The van der Waals surface area contributed by atoms with E-state index in [4.69, 9.17) is 4.74 Å². The highest BCUT2D eigenvalue weighted by Crippen LogP contribution is 2.21. The second-order valence-electron chi connectivity index (χ2n) is 5.74. The van der Waals surface area contributed by atoms with Gasteiger partial charge in [-0.05, 0) is 19.9 Å². The van der Waals surface area contributed by atoms with Crippen molar-refractivity contribution < 1.29 is 9.84 Å². The highest BCUT2D eigenvalue weighted by Gasteiger charge is 2.18. The molecule has 0 bridgehead atoms. The number of methoxy groups -OCH3 is 1. The van der Waals surface area contributed by atoms with Gasteiger partial charge in [-0.1, -0.05) is 17.7 Å². The Morgan fingerprint density at radius 3 is 2.45 bits per heavy atom. The zero-order chi connectivity index (χ0) is 14.5. The Labute approximate surface area is 122 Å². The summed E-state index contributed by atoms with van der Waals surface area (Å²) in [5, 5.41) is 9.43. The summed E-state index contributed by atoms with van der Waals surface area (Å²) in [6, 6.07) is 6.35. The molecule has 0 aliphatic carbocycles. The van der Waals surface area contributed by atoms with Gasteiger partial charge in [-0.25, -0.2) is 0 Å². The molecular formula is C16H26N2O2. The summed E-state index contributed by atoms with van der Waals surface area (Å²) < 4.78 is 5.45. The maximum absolute atomic E-state index is 9.43. The van der Waals surface area contributed by atoms with Crippen molar-refractivity contribution in [1.29, 1.82) is 0 Å². The number of rotatable bonds is 5. The van der Waals surface area contributed by atoms with Crippen LogP contribution in [-0.2, 0) is 6.54 Å². The summed E-state index contributed by atoms with van der Waals surface area (Å²) in [6.45, 7) is 9.83. The quantitative estimate of drug-likeness (QED) is 0.885. The Morgan fingerprint density at radius 1 is 1.20 bits per heavy atom. The normalized spacial score (nSPS) is 19.0. The van der Waals surface area contributed by atoms with E-state index in [1.54, 1.807) is 7.11 Å². The summed E-state index contributed by atoms with van der Waals surface area (Å²) in [5.41, 5.74) is 2.53. The minimum Gasteiger partial charge on any atom is -0.496 e. The summed E-state index contributed by atoms with van der Waals surface area (Å²) in [5.74, 6) is 0.974. The van der Waals surface area contributed by atoms with Crippen LogP contribution in [0.25, 0.3) is 0 Å². The van der Waals surface area contributed by atoms with Crippen LogP contribution in [0.1, 0.15) is 18.1 Å². The van der Waals surface area contributed by atoms with Crippen molar-refractivity contribution in [2.24, 2.45) is 0 Å². The number of benzene rings is 1. The van der Waals surface area contributed by atoms with Crippen molar-refractivity contribution in [3.63, 3.8) is 0 Å². The van der Waals surface area contributed by atoms with Crippen LogP contribution in [-0.4, -0.2) is 60.8 Å². The molecule has 1 aliphatic rings. The predicted molar refractivity (Wildman–Crippen MR) is 81.1 cm³/mol. The average Bonchev–Trinajstić information content (AvgIpc) is 2.41. The second-order valence-corrected chi connectivity index (χ2v) is 5.74. The van der Waals surface area contributed by atoms with E-state index in [0.29, 0.717) is 0 Å². The minimum atomic E-state index is -0.238. The van der Waals surface area contributed by atoms with Gasteiger partial charge >= 0.3 is 0 Å². The number of hydrogen-bond acceptors (Lipinski definition) is 4. The molecule has 0 aromatic heterocycles. The molecule has 1 aliphatic heterocycles. The Kier molecular flexibility index (Phi) is 5.40. The van der Waals surface area contributed by atoms with Crippen LogP contribution in [0.4, 0.5) is 0 Å². The van der Waals surface area contributed by atoms with E-state index in [1.165, 1.54) is 11.1 Å². The van der Waals surface area contributed by atoms with Gasteiger partial charge in [0.1, 0.15) is 5.75 Å². The lowest BCUT2D eigenvalue weighted by Crippen LogP contribution is -2.47. The molecule has 1 saturated heterocycles. The van der Waals surface area contributed by atoms with Gasteiger partial charge in [-0.15, -0.1) is 0 Å². The Balaban J connectivity index is 1.91. The summed E-state index contributed by atoms with van der Waals surface area (Å²) in [7, 11) is 1.73. The van der Waals surface area contributed by atoms with Gasteiger partial charge in [0.25, 0.3) is 0 Å². The number of aliphatic hydroxyl groups is 1. The molecule has 4 heteroatoms. The maximum Gasteiger partial charge on any atom is 0.123 e. The molecule has 1 atom stereocenters. The lowest BCUT2D eigenvalue weighted by Gasteiger charge is -2.35. The molecule has 1 N–H and O–H groups in total. The van der Waals surface area contributed by atoms with Crippen molar-refractivity contribution in [3.8, 4) is 5.75 Å². The molecule has 2 rings (SSSR count). The van der Waals surface area contributed by atoms with Crippen molar-refractivity contribution in [2.45, 2.75) is 26.5 Å². The second kappa shape index (κ2) is 7.07. The highest BCUT2D eigenvalue weighted by atomic mass is 16.5. The summed E-state index contributed by atoms with van der Waals surface area (Å²) in [6.07, 6.45) is -0.238. The van der Waals surface area contributed by atoms with Crippen molar-refractivity contribution in [2.75, 3.05) is 39.8 Å². The molecular weight excluding hydrogens is 252 g/mol. The third-order valence-electron chi connectivity index (χ3n) is 3.82. The van der Waals surface area contributed by atoms with Crippen LogP contribution >= 0.6 is 0 Å². The van der Waals surface area contributed by atoms with Gasteiger partial charge < -0.3 is 9.84 Å². The molecule has 0 radical (unpaired) electrons. The first-order chi connectivity index (χ1) is 9.58. The molecule has 1 heterocycles. The lowest BCUT2D eigenvalue weighted by molar-refractivity contribution is 0.0778. The van der Waals surface area contributed by atoms with Gasteiger partial charge in [-0.2, -0.15) is 0 Å². The van der Waals surface area contributed by atoms with Gasteiger partial charge in [0.2, 0.25) is 0 Å². The monoisotopic (exact) mass is 278 g/mol. The molecule has 1 fully saturated rings. The van der Waals surface area contributed by atoms with E-state index in [0.717, 1.165) is 45.0 Å². The van der Waals surface area contributed by atoms with Crippen molar-refractivity contribution in [1.82, 2.24) is 9.80 Å². The maximum atomic E-state index is 9.43. The molecule has 20 heavy (non-hydrogen) atoms. The summed E-state index contributed by atoms with van der Waals surface area (Å²) >= 11 is 0. The van der Waals surface area contributed by atoms with Crippen LogP contribution in [0.3, 0.4) is 0 Å². The first-order valence-corrected chi connectivity index (χ1v) is 7.35. The fourth-order valence-corrected chi connectivity index (χ4v) is 2.78. The predicted octanol–water partition coefficient (Wildman–Crippen LogP) is 1.50. The first-order valence-electron chi connectivity index (χ1n) is 7.35. The molecule has 4 nitrogen and oxygen atoms in total. The van der Waals surface area contributed by atoms with E-state index in [9.17, 15) is 5.11 Å². The zero-order valence-electron chi connectivity index (χ0n) is 12.8. The topological polar surface area (TPSA) is 35.9 Å². The van der Waals surface area contributed by atoms with E-state index in [2.05, 4.69) is 28.9 Å². The summed E-state index contributed by atoms with van der Waals surface area (Å²) in [4.78, 5) is 4.78. The molecule has 0 amide bonds. The van der Waals surface area contributed by atoms with Gasteiger partial charge in [0.05, 0.1) is 13.2 Å². The van der Waals surface area contributed by atoms with E-state index in [1.807, 2.05) is 13.0 Å². The molecule has 112 valence electrons. The Morgan fingerprint density at radius 2 is 1.85 bits per heavy atom. The van der Waals surface area contributed by atoms with Gasteiger partial charge in [-0.3, -0.25) is 9.80 Å². The number of hydrogen-bond donors (Lipinski definition) is 1. The van der Waals surface area contributed by atoms with Crippen LogP contribution in [0.15, 0.2) is 18.2 Å². The Hall–Kier alpha value is -1.10. The standard InChI is InChI=1S/C16H26N2O2/c1-13-4-5-16(20-3)15(10-13)12-18-8-6-17(7-9-18)11-14(2)19/h4-5,10,14,19H,6-9,11-12H2,1-3H3. The third-order valence-corrected chi connectivity index (χ3v) is 3.82. The number of nitrogens with zero attached hydrogens (tertiary/aromatic N) is 2.